The van der Waals surface area contributed by atoms with Crippen LogP contribution in [0.15, 0.2) is 5.38 Å². The largest absolute Gasteiger partial charge is 0.381 e. The molecule has 2 rings (SSSR count). The van der Waals surface area contributed by atoms with Crippen LogP contribution in [0.2, 0.25) is 0 Å². The molecule has 0 bridgehead atoms. The predicted octanol–water partition coefficient (Wildman–Crippen LogP) is 1.24. The van der Waals surface area contributed by atoms with Crippen molar-refractivity contribution in [3.05, 3.63) is 21.8 Å². The maximum absolute atomic E-state index is 5.70. The number of anilines is 1. The van der Waals surface area contributed by atoms with E-state index in [1.54, 1.807) is 11.3 Å². The van der Waals surface area contributed by atoms with E-state index in [0.717, 1.165) is 22.8 Å². The maximum atomic E-state index is 5.70. The van der Waals surface area contributed by atoms with Crippen molar-refractivity contribution in [2.24, 2.45) is 0 Å². The predicted molar refractivity (Wildman–Crippen MR) is 59.8 cm³/mol. The Kier molecular flexibility index (Phi) is 2.68. The molecule has 0 unspecified atom stereocenters. The summed E-state index contributed by atoms with van der Waals surface area (Å²) >= 11 is 1.64. The smallest absolute Gasteiger partial charge is 0.169 e. The van der Waals surface area contributed by atoms with Gasteiger partial charge < -0.3 is 5.73 Å². The van der Waals surface area contributed by atoms with Crippen LogP contribution in [-0.4, -0.2) is 20.0 Å². The summed E-state index contributed by atoms with van der Waals surface area (Å²) in [5, 5.41) is 11.0. The lowest BCUT2D eigenvalue weighted by Gasteiger charge is -2.01. The molecule has 0 fully saturated rings. The van der Waals surface area contributed by atoms with Gasteiger partial charge in [0.05, 0.1) is 22.9 Å². The van der Waals surface area contributed by atoms with Crippen LogP contribution in [-0.2, 0) is 13.0 Å². The Morgan fingerprint density at radius 2 is 2.33 bits per heavy atom. The topological polar surface area (TPSA) is 69.6 Å². The Balaban J connectivity index is 2.24. The van der Waals surface area contributed by atoms with E-state index in [9.17, 15) is 0 Å². The summed E-state index contributed by atoms with van der Waals surface area (Å²) < 4.78 is 1.81. The molecule has 0 saturated carbocycles. The van der Waals surface area contributed by atoms with Gasteiger partial charge >= 0.3 is 0 Å². The lowest BCUT2D eigenvalue weighted by atomic mass is 10.3. The van der Waals surface area contributed by atoms with Crippen LogP contribution in [0.25, 0.3) is 0 Å². The number of nitrogens with zero attached hydrogens (tertiary/aromatic N) is 4. The van der Waals surface area contributed by atoms with E-state index in [2.05, 4.69) is 15.3 Å². The summed E-state index contributed by atoms with van der Waals surface area (Å²) in [6.45, 7) is 4.68. The standard InChI is InChI=1S/C9H13N5S/c1-3-8-9(10)12-13-14(8)4-7-5-15-6(2)11-7/h5H,3-4,10H2,1-2H3. The minimum Gasteiger partial charge on any atom is -0.381 e. The average Bonchev–Trinajstić information content (AvgIpc) is 2.75. The molecule has 0 saturated heterocycles. The van der Waals surface area contributed by atoms with Crippen molar-refractivity contribution < 1.29 is 0 Å². The zero-order valence-corrected chi connectivity index (χ0v) is 9.58. The molecule has 5 nitrogen and oxygen atoms in total. The molecule has 0 aliphatic carbocycles. The van der Waals surface area contributed by atoms with Gasteiger partial charge in [-0.1, -0.05) is 12.1 Å². The van der Waals surface area contributed by atoms with Crippen molar-refractivity contribution >= 4 is 17.2 Å². The van der Waals surface area contributed by atoms with Crippen LogP contribution in [0.5, 0.6) is 0 Å². The van der Waals surface area contributed by atoms with Crippen molar-refractivity contribution in [2.45, 2.75) is 26.8 Å². The molecule has 2 heterocycles. The number of aryl methyl sites for hydroxylation is 1. The van der Waals surface area contributed by atoms with Crippen molar-refractivity contribution in [1.82, 2.24) is 20.0 Å². The number of hydrogen-bond donors (Lipinski definition) is 1. The highest BCUT2D eigenvalue weighted by Crippen LogP contribution is 2.13. The van der Waals surface area contributed by atoms with E-state index in [-0.39, 0.29) is 0 Å². The molecule has 2 N–H and O–H groups in total. The Morgan fingerprint density at radius 3 is 2.93 bits per heavy atom. The van der Waals surface area contributed by atoms with Crippen molar-refractivity contribution in [3.63, 3.8) is 0 Å². The van der Waals surface area contributed by atoms with E-state index in [1.807, 2.05) is 23.9 Å². The van der Waals surface area contributed by atoms with Crippen LogP contribution in [0, 0.1) is 6.92 Å². The summed E-state index contributed by atoms with van der Waals surface area (Å²) in [6, 6.07) is 0. The third-order valence-electron chi connectivity index (χ3n) is 2.18. The van der Waals surface area contributed by atoms with Crippen molar-refractivity contribution in [3.8, 4) is 0 Å². The van der Waals surface area contributed by atoms with Crippen LogP contribution in [0.1, 0.15) is 23.3 Å². The second-order valence-electron chi connectivity index (χ2n) is 3.29. The highest BCUT2D eigenvalue weighted by molar-refractivity contribution is 7.09. The van der Waals surface area contributed by atoms with Gasteiger partial charge in [0.25, 0.3) is 0 Å². The zero-order chi connectivity index (χ0) is 10.8. The summed E-state index contributed by atoms with van der Waals surface area (Å²) in [4.78, 5) is 4.38. The normalized spacial score (nSPS) is 10.8. The van der Waals surface area contributed by atoms with Gasteiger partial charge in [0, 0.05) is 5.38 Å². The molecule has 0 aliphatic heterocycles. The first-order valence-corrected chi connectivity index (χ1v) is 5.67. The fourth-order valence-corrected chi connectivity index (χ4v) is 2.07. The van der Waals surface area contributed by atoms with Crippen LogP contribution in [0.3, 0.4) is 0 Å². The first-order valence-electron chi connectivity index (χ1n) is 4.79. The summed E-state index contributed by atoms with van der Waals surface area (Å²) in [5.41, 5.74) is 7.68. The molecule has 2 aromatic rings. The third kappa shape index (κ3) is 1.99. The highest BCUT2D eigenvalue weighted by atomic mass is 32.1. The van der Waals surface area contributed by atoms with Gasteiger partial charge in [-0.05, 0) is 13.3 Å². The number of nitrogens with two attached hydrogens (primary N) is 1. The van der Waals surface area contributed by atoms with Crippen molar-refractivity contribution in [1.29, 1.82) is 0 Å². The number of thiazole rings is 1. The molecule has 0 aliphatic rings. The van der Waals surface area contributed by atoms with Gasteiger partial charge in [-0.2, -0.15) is 0 Å². The molecule has 0 radical (unpaired) electrons. The van der Waals surface area contributed by atoms with Gasteiger partial charge in [0.15, 0.2) is 5.82 Å². The molecule has 80 valence electrons. The van der Waals surface area contributed by atoms with Gasteiger partial charge in [0.2, 0.25) is 0 Å². The number of aromatic nitrogens is 4. The summed E-state index contributed by atoms with van der Waals surface area (Å²) in [5.74, 6) is 0.518. The average molecular weight is 223 g/mol. The van der Waals surface area contributed by atoms with Crippen LogP contribution < -0.4 is 5.73 Å². The molecule has 0 aromatic carbocycles. The Hall–Kier alpha value is -1.43. The Labute approximate surface area is 91.9 Å². The van der Waals surface area contributed by atoms with Crippen molar-refractivity contribution in [2.75, 3.05) is 5.73 Å². The number of hydrogen-bond acceptors (Lipinski definition) is 5. The fraction of sp³-hybridized carbons (Fsp3) is 0.444. The minimum atomic E-state index is 0.518. The van der Waals surface area contributed by atoms with Gasteiger partial charge in [-0.15, -0.1) is 16.4 Å². The fourth-order valence-electron chi connectivity index (χ4n) is 1.47. The lowest BCUT2D eigenvalue weighted by Crippen LogP contribution is -2.07. The maximum Gasteiger partial charge on any atom is 0.169 e. The van der Waals surface area contributed by atoms with Crippen LogP contribution >= 0.6 is 11.3 Å². The van der Waals surface area contributed by atoms with Gasteiger partial charge in [-0.25, -0.2) is 9.67 Å². The molecular weight excluding hydrogens is 210 g/mol. The third-order valence-corrected chi connectivity index (χ3v) is 3.00. The second-order valence-corrected chi connectivity index (χ2v) is 4.35. The van der Waals surface area contributed by atoms with Crippen LogP contribution in [0.4, 0.5) is 5.82 Å². The SMILES string of the molecule is CCc1c(N)nnn1Cc1csc(C)n1. The van der Waals surface area contributed by atoms with Gasteiger partial charge in [0.1, 0.15) is 0 Å². The quantitative estimate of drug-likeness (QED) is 0.849. The number of nitrogen functional groups attached to an aromatic ring is 1. The molecular formula is C9H13N5S. The first kappa shape index (κ1) is 10.1. The van der Waals surface area contributed by atoms with E-state index in [0.29, 0.717) is 12.4 Å². The first-order chi connectivity index (χ1) is 7.20. The highest BCUT2D eigenvalue weighted by Gasteiger charge is 2.09. The monoisotopic (exact) mass is 223 g/mol. The zero-order valence-electron chi connectivity index (χ0n) is 8.77. The lowest BCUT2D eigenvalue weighted by molar-refractivity contribution is 0.614. The Bertz CT molecular complexity index is 459. The summed E-state index contributed by atoms with van der Waals surface area (Å²) in [7, 11) is 0. The Morgan fingerprint density at radius 1 is 1.53 bits per heavy atom. The second kappa shape index (κ2) is 3.98. The molecule has 0 spiro atoms. The summed E-state index contributed by atoms with van der Waals surface area (Å²) in [6.07, 6.45) is 0.835. The van der Waals surface area contributed by atoms with E-state index in [4.69, 9.17) is 5.73 Å². The number of rotatable bonds is 3. The molecule has 6 heteroatoms. The van der Waals surface area contributed by atoms with E-state index in [1.165, 1.54) is 0 Å². The molecule has 15 heavy (non-hydrogen) atoms. The molecule has 2 aromatic heterocycles. The van der Waals surface area contributed by atoms with E-state index >= 15 is 0 Å². The molecule has 0 amide bonds. The van der Waals surface area contributed by atoms with Gasteiger partial charge in [-0.3, -0.25) is 0 Å². The van der Waals surface area contributed by atoms with E-state index < -0.39 is 0 Å². The molecule has 0 atom stereocenters. The minimum absolute atomic E-state index is 0.518.